The van der Waals surface area contributed by atoms with Crippen molar-refractivity contribution in [1.82, 2.24) is 14.1 Å². The van der Waals surface area contributed by atoms with Crippen LogP contribution >= 0.6 is 0 Å². The van der Waals surface area contributed by atoms with Gasteiger partial charge in [-0.15, -0.1) is 35.2 Å². The minimum atomic E-state index is -0.313. The summed E-state index contributed by atoms with van der Waals surface area (Å²) in [7, 11) is 0. The van der Waals surface area contributed by atoms with Crippen LogP contribution in [0, 0.1) is 18.5 Å². The molecule has 0 radical (unpaired) electrons. The van der Waals surface area contributed by atoms with Gasteiger partial charge in [-0.2, -0.15) is 12.1 Å². The zero-order valence-corrected chi connectivity index (χ0v) is 50.0. The summed E-state index contributed by atoms with van der Waals surface area (Å²) < 4.78 is 14.0. The third-order valence-corrected chi connectivity index (χ3v) is 15.5. The van der Waals surface area contributed by atoms with Gasteiger partial charge in [0.1, 0.15) is 5.82 Å². The maximum Gasteiger partial charge on any atom is 0.267 e. The zero-order valence-electron chi connectivity index (χ0n) is 47.8. The monoisotopic (exact) mass is 1190 g/mol. The average molecular weight is 1190 g/mol. The Morgan fingerprint density at radius 1 is 0.519 bits per heavy atom. The predicted octanol–water partition coefficient (Wildman–Crippen LogP) is 17.8. The fourth-order valence-electron chi connectivity index (χ4n) is 11.1. The molecule has 3 heterocycles. The molecule has 0 aliphatic rings. The van der Waals surface area contributed by atoms with Crippen molar-refractivity contribution in [3.05, 3.63) is 233 Å². The van der Waals surface area contributed by atoms with Crippen LogP contribution in [-0.4, -0.2) is 14.1 Å². The number of fused-ring (bicyclic) bond motifs is 3. The SMILES string of the molecule is CC(C)c1ccccc1-c1cc(Oc2[c-]c3c(cc2)c2ccccc2n3-c2cc(C(C)(C)c3ccccc3)ccn2)[c-]c(-n2[c-][n+](-c3cc(C(C)(C)C)cc(C(C)(C)c4ccccc4)c3)c(C(C)(C)C)c2C(C)(C)C)c1.[Pt]. The van der Waals surface area contributed by atoms with Gasteiger partial charge in [0.15, 0.2) is 0 Å². The van der Waals surface area contributed by atoms with E-state index >= 15 is 0 Å². The van der Waals surface area contributed by atoms with Gasteiger partial charge in [-0.25, -0.2) is 4.98 Å². The van der Waals surface area contributed by atoms with E-state index in [9.17, 15) is 0 Å². The molecule has 0 fully saturated rings. The number of ether oxygens (including phenoxy) is 1. The Morgan fingerprint density at radius 2 is 1.13 bits per heavy atom. The number of hydrogen-bond donors (Lipinski definition) is 0. The van der Waals surface area contributed by atoms with E-state index in [1.54, 1.807) is 0 Å². The molecule has 0 bridgehead atoms. The average Bonchev–Trinajstić information content (AvgIpc) is 4.06. The van der Waals surface area contributed by atoms with Gasteiger partial charge in [0.05, 0.1) is 17.1 Å². The third kappa shape index (κ3) is 10.5. The van der Waals surface area contributed by atoms with E-state index in [0.29, 0.717) is 17.4 Å². The molecule has 0 spiro atoms. The molecule has 5 nitrogen and oxygen atoms in total. The standard InChI is InChI=1S/C71H74N4O.Pt/c1-47(2)58-30-22-23-31-59(58)48-38-54(73-46-74(66(69(9,10)11)65(73)68(6,7)8)55-41-52(67(3,4)5)40-53(42-55)71(14,15)50-28-20-17-21-29-50)44-57(39-48)76-56-34-35-61-60-32-24-25-33-62(60)75(63(61)45-56)64-43-51(36-37-72-64)70(12,13)49-26-18-16-19-27-49;/h16-43,47H,1-15H3;/q-2;. The van der Waals surface area contributed by atoms with Crippen LogP contribution in [0.1, 0.15) is 155 Å². The van der Waals surface area contributed by atoms with Gasteiger partial charge >= 0.3 is 0 Å². The number of pyridine rings is 1. The van der Waals surface area contributed by atoms with Crippen molar-refractivity contribution in [2.24, 2.45) is 0 Å². The normalized spacial score (nSPS) is 12.6. The van der Waals surface area contributed by atoms with Gasteiger partial charge in [0.25, 0.3) is 6.33 Å². The van der Waals surface area contributed by atoms with Crippen molar-refractivity contribution in [3.8, 4) is 39.8 Å². The van der Waals surface area contributed by atoms with E-state index in [4.69, 9.17) is 9.72 Å². The number of nitrogens with zero attached hydrogens (tertiary/aromatic N) is 4. The third-order valence-electron chi connectivity index (χ3n) is 15.5. The summed E-state index contributed by atoms with van der Waals surface area (Å²) in [4.78, 5) is 5.03. The van der Waals surface area contributed by atoms with Crippen molar-refractivity contribution in [2.75, 3.05) is 0 Å². The molecular weight excluding hydrogens is 1120 g/mol. The first kappa shape index (κ1) is 55.0. The van der Waals surface area contributed by atoms with E-state index in [-0.39, 0.29) is 48.1 Å². The summed E-state index contributed by atoms with van der Waals surface area (Å²) in [6, 6.07) is 66.6. The van der Waals surface area contributed by atoms with Crippen LogP contribution in [-0.2, 0) is 48.1 Å². The molecule has 0 aliphatic carbocycles. The maximum absolute atomic E-state index is 7.12. The Morgan fingerprint density at radius 3 is 1.77 bits per heavy atom. The molecule has 10 rings (SSSR count). The summed E-state index contributed by atoms with van der Waals surface area (Å²) in [6.07, 6.45) is 5.95. The summed E-state index contributed by atoms with van der Waals surface area (Å²) >= 11 is 0. The van der Waals surface area contributed by atoms with Gasteiger partial charge in [0, 0.05) is 55.1 Å². The molecule has 0 atom stereocenters. The second kappa shape index (κ2) is 20.5. The van der Waals surface area contributed by atoms with Crippen LogP contribution in [0.4, 0.5) is 0 Å². The van der Waals surface area contributed by atoms with Crippen molar-refractivity contribution in [1.29, 1.82) is 0 Å². The summed E-state index contributed by atoms with van der Waals surface area (Å²) in [6.45, 7) is 34.6. The maximum atomic E-state index is 7.12. The molecule has 10 aromatic rings. The molecule has 0 saturated heterocycles. The molecule has 0 saturated carbocycles. The van der Waals surface area contributed by atoms with E-state index in [0.717, 1.165) is 55.8 Å². The fourth-order valence-corrected chi connectivity index (χ4v) is 11.1. The first-order valence-electron chi connectivity index (χ1n) is 27.1. The topological polar surface area (TPSA) is 35.9 Å². The van der Waals surface area contributed by atoms with Crippen LogP contribution in [0.25, 0.3) is 50.1 Å². The van der Waals surface area contributed by atoms with Gasteiger partial charge in [-0.1, -0.05) is 219 Å². The first-order chi connectivity index (χ1) is 35.9. The van der Waals surface area contributed by atoms with E-state index < -0.39 is 0 Å². The minimum Gasteiger partial charge on any atom is -0.510 e. The molecule has 0 N–H and O–H groups in total. The van der Waals surface area contributed by atoms with E-state index in [1.807, 2.05) is 12.3 Å². The summed E-state index contributed by atoms with van der Waals surface area (Å²) in [5.74, 6) is 2.28. The largest absolute Gasteiger partial charge is 0.510 e. The predicted molar refractivity (Wildman–Crippen MR) is 315 cm³/mol. The Hall–Kier alpha value is -6.81. The summed E-state index contributed by atoms with van der Waals surface area (Å²) in [5.41, 5.74) is 14.7. The Bertz CT molecular complexity index is 3760. The van der Waals surface area contributed by atoms with Gasteiger partial charge in [0.2, 0.25) is 0 Å². The Labute approximate surface area is 473 Å². The van der Waals surface area contributed by atoms with Crippen LogP contribution in [0.3, 0.4) is 0 Å². The van der Waals surface area contributed by atoms with Gasteiger partial charge in [-0.3, -0.25) is 4.57 Å². The Balaban J connectivity index is 0.00000722. The number of rotatable bonds is 11. The Kier molecular flexibility index (Phi) is 14.7. The number of hydrogen-bond acceptors (Lipinski definition) is 2. The number of imidazole rings is 1. The first-order valence-corrected chi connectivity index (χ1v) is 27.1. The van der Waals surface area contributed by atoms with E-state index in [1.165, 1.54) is 39.1 Å². The fraction of sp³-hybridized carbons (Fsp3) is 0.296. The molecule has 0 unspecified atom stereocenters. The molecule has 0 amide bonds. The number of para-hydroxylation sites is 1. The van der Waals surface area contributed by atoms with Gasteiger partial charge in [-0.05, 0) is 103 Å². The molecule has 77 heavy (non-hydrogen) atoms. The molecule has 7 aromatic carbocycles. The molecule has 0 aliphatic heterocycles. The van der Waals surface area contributed by atoms with Gasteiger partial charge < -0.3 is 13.9 Å². The van der Waals surface area contributed by atoms with Crippen LogP contribution < -0.4 is 9.30 Å². The van der Waals surface area contributed by atoms with Crippen molar-refractivity contribution in [3.63, 3.8) is 0 Å². The number of aromatic nitrogens is 4. The number of benzene rings is 7. The molecule has 6 heteroatoms. The zero-order chi connectivity index (χ0) is 54.1. The minimum absolute atomic E-state index is 0. The van der Waals surface area contributed by atoms with Crippen molar-refractivity contribution >= 4 is 21.8 Å². The molecular formula is C71H74N4OPt-2. The second-order valence-corrected chi connectivity index (χ2v) is 25.3. The summed E-state index contributed by atoms with van der Waals surface area (Å²) in [5, 5.41) is 2.20. The van der Waals surface area contributed by atoms with Crippen LogP contribution in [0.5, 0.6) is 11.5 Å². The van der Waals surface area contributed by atoms with Crippen molar-refractivity contribution < 1.29 is 30.4 Å². The quantitative estimate of drug-likeness (QED) is 0.0956. The van der Waals surface area contributed by atoms with E-state index in [2.05, 4.69) is 294 Å². The van der Waals surface area contributed by atoms with Crippen LogP contribution in [0.15, 0.2) is 170 Å². The smallest absolute Gasteiger partial charge is 0.267 e. The second-order valence-electron chi connectivity index (χ2n) is 25.3. The van der Waals surface area contributed by atoms with Crippen LogP contribution in [0.2, 0.25) is 0 Å². The van der Waals surface area contributed by atoms with Crippen molar-refractivity contribution in [2.45, 2.75) is 137 Å². The molecule has 396 valence electrons. The molecule has 3 aromatic heterocycles.